The Bertz CT molecular complexity index is 500. The Hall–Kier alpha value is 0.474. The van der Waals surface area contributed by atoms with E-state index >= 15 is 0 Å². The summed E-state index contributed by atoms with van der Waals surface area (Å²) in [7, 11) is 0. The molecule has 0 atom stereocenters. The van der Waals surface area contributed by atoms with Crippen molar-refractivity contribution in [3.05, 3.63) is 64.7 Å². The minimum absolute atomic E-state index is 0. The Balaban J connectivity index is -0.000000324. The van der Waals surface area contributed by atoms with E-state index in [1.807, 2.05) is 37.3 Å². The van der Waals surface area contributed by atoms with E-state index < -0.39 is 0 Å². The molecule has 0 N–H and O–H groups in total. The summed E-state index contributed by atoms with van der Waals surface area (Å²) >= 11 is 6.13. The molecule has 6 heteroatoms. The first-order valence-corrected chi connectivity index (χ1v) is 6.12. The number of benzene rings is 2. The summed E-state index contributed by atoms with van der Waals surface area (Å²) in [6.07, 6.45) is 0.853. The van der Waals surface area contributed by atoms with Gasteiger partial charge in [-0.1, -0.05) is 41.9 Å². The first-order valence-electron chi connectivity index (χ1n) is 5.74. The van der Waals surface area contributed by atoms with E-state index in [9.17, 15) is 0 Å². The van der Waals surface area contributed by atoms with E-state index in [-0.39, 0.29) is 68.2 Å². The van der Waals surface area contributed by atoms with Gasteiger partial charge in [-0.3, -0.25) is 0 Å². The Kier molecular flexibility index (Phi) is 17.7. The van der Waals surface area contributed by atoms with Gasteiger partial charge in [0.1, 0.15) is 5.75 Å². The predicted molar refractivity (Wildman–Crippen MR) is 78.7 cm³/mol. The average molecular weight is 350 g/mol. The van der Waals surface area contributed by atoms with Crippen LogP contribution in [0.4, 0.5) is 0 Å². The summed E-state index contributed by atoms with van der Waals surface area (Å²) in [6, 6.07) is 16.1. The van der Waals surface area contributed by atoms with Crippen LogP contribution in [0.1, 0.15) is 19.5 Å². The number of hydrogen-bond acceptors (Lipinski definition) is 1. The molecule has 1 nitrogen and oxygen atoms in total. The molecular formula is C15H16Cl3LiMgO. The molecule has 0 unspecified atom stereocenters. The molecular weight excluding hydrogens is 334 g/mol. The minimum Gasteiger partial charge on any atom is -1.00 e. The molecule has 0 aliphatic heterocycles. The second kappa shape index (κ2) is 14.1. The summed E-state index contributed by atoms with van der Waals surface area (Å²) in [5.41, 5.74) is 2.39. The fourth-order valence-electron chi connectivity index (χ4n) is 1.73. The largest absolute Gasteiger partial charge is 2.00 e. The van der Waals surface area contributed by atoms with Gasteiger partial charge in [0.25, 0.3) is 0 Å². The van der Waals surface area contributed by atoms with Gasteiger partial charge in [-0.15, -0.1) is 0 Å². The molecule has 0 saturated heterocycles. The van der Waals surface area contributed by atoms with Gasteiger partial charge in [-0.2, -0.15) is 0 Å². The molecule has 0 radical (unpaired) electrons. The Morgan fingerprint density at radius 1 is 1.00 bits per heavy atom. The summed E-state index contributed by atoms with van der Waals surface area (Å²) in [5, 5.41) is 0.821. The normalized spacial score (nSPS) is 8.29. The SMILES string of the molecule is CCOc1ccc(Cc2ccccc2Cl)cc1.[Cl-].[Cl-].[H-].[Li+].[Mg+2]. The zero-order valence-corrected chi connectivity index (χ0v) is 16.0. The third-order valence-corrected chi connectivity index (χ3v) is 2.96. The quantitative estimate of drug-likeness (QED) is 0.503. The number of rotatable bonds is 4. The van der Waals surface area contributed by atoms with Gasteiger partial charge in [0.15, 0.2) is 0 Å². The first-order chi connectivity index (χ1) is 8.29. The number of halogens is 3. The molecule has 2 aromatic carbocycles. The van der Waals surface area contributed by atoms with E-state index in [1.165, 1.54) is 5.56 Å². The van der Waals surface area contributed by atoms with Crippen LogP contribution in [0.5, 0.6) is 5.75 Å². The van der Waals surface area contributed by atoms with Crippen molar-refractivity contribution in [1.82, 2.24) is 0 Å². The molecule has 2 aromatic rings. The van der Waals surface area contributed by atoms with Crippen molar-refractivity contribution < 1.29 is 49.8 Å². The van der Waals surface area contributed by atoms with Gasteiger partial charge in [-0.05, 0) is 42.7 Å². The van der Waals surface area contributed by atoms with Crippen LogP contribution >= 0.6 is 11.6 Å². The molecule has 21 heavy (non-hydrogen) atoms. The summed E-state index contributed by atoms with van der Waals surface area (Å²) in [5.74, 6) is 0.912. The summed E-state index contributed by atoms with van der Waals surface area (Å²) < 4.78 is 5.41. The molecule has 0 heterocycles. The zero-order valence-electron chi connectivity index (χ0n) is 13.3. The van der Waals surface area contributed by atoms with E-state index in [2.05, 4.69) is 18.2 Å². The Morgan fingerprint density at radius 2 is 1.57 bits per heavy atom. The summed E-state index contributed by atoms with van der Waals surface area (Å²) in [4.78, 5) is 0. The molecule has 0 spiro atoms. The van der Waals surface area contributed by atoms with Crippen LogP contribution in [-0.2, 0) is 6.42 Å². The third kappa shape index (κ3) is 8.62. The van der Waals surface area contributed by atoms with Crippen molar-refractivity contribution >= 4 is 34.7 Å². The van der Waals surface area contributed by atoms with Crippen LogP contribution in [-0.4, -0.2) is 29.7 Å². The molecule has 2 rings (SSSR count). The van der Waals surface area contributed by atoms with Crippen LogP contribution in [0.3, 0.4) is 0 Å². The van der Waals surface area contributed by atoms with Crippen LogP contribution < -0.4 is 48.4 Å². The van der Waals surface area contributed by atoms with Crippen LogP contribution in [0.2, 0.25) is 5.02 Å². The number of hydrogen-bond donors (Lipinski definition) is 0. The van der Waals surface area contributed by atoms with E-state index in [4.69, 9.17) is 16.3 Å². The zero-order chi connectivity index (χ0) is 12.1. The van der Waals surface area contributed by atoms with Crippen molar-refractivity contribution in [3.63, 3.8) is 0 Å². The Labute approximate surface area is 173 Å². The van der Waals surface area contributed by atoms with Crippen molar-refractivity contribution in [3.8, 4) is 5.75 Å². The van der Waals surface area contributed by atoms with Gasteiger partial charge in [0, 0.05) is 5.02 Å². The van der Waals surface area contributed by atoms with Gasteiger partial charge < -0.3 is 31.0 Å². The fourth-order valence-corrected chi connectivity index (χ4v) is 1.93. The molecule has 0 amide bonds. The van der Waals surface area contributed by atoms with Crippen LogP contribution in [0, 0.1) is 0 Å². The maximum atomic E-state index is 6.13. The fraction of sp³-hybridized carbons (Fsp3) is 0.200. The molecule has 0 aliphatic rings. The van der Waals surface area contributed by atoms with Crippen molar-refractivity contribution in [2.75, 3.05) is 6.61 Å². The van der Waals surface area contributed by atoms with Crippen molar-refractivity contribution in [2.24, 2.45) is 0 Å². The molecule has 0 bridgehead atoms. The standard InChI is InChI=1S/C15H15ClO.2ClH.Li.Mg.H/c1-2-17-14-9-7-12(8-10-14)11-13-5-3-4-6-15(13)16;;;;;/h3-10H,2,11H2,1H3;2*1H;;;/q;;;+1;+2;-1/p-2. The molecule has 106 valence electrons. The second-order valence-corrected chi connectivity index (χ2v) is 4.25. The van der Waals surface area contributed by atoms with Crippen molar-refractivity contribution in [2.45, 2.75) is 13.3 Å². The van der Waals surface area contributed by atoms with Crippen LogP contribution in [0.15, 0.2) is 48.5 Å². The third-order valence-electron chi connectivity index (χ3n) is 2.59. The topological polar surface area (TPSA) is 9.23 Å². The van der Waals surface area contributed by atoms with Crippen LogP contribution in [0.25, 0.3) is 0 Å². The molecule has 0 aliphatic carbocycles. The van der Waals surface area contributed by atoms with Gasteiger partial charge in [0.2, 0.25) is 0 Å². The van der Waals surface area contributed by atoms with Gasteiger partial charge in [-0.25, -0.2) is 0 Å². The molecule has 0 aromatic heterocycles. The average Bonchev–Trinajstić information content (AvgIpc) is 2.35. The van der Waals surface area contributed by atoms with E-state index in [0.717, 1.165) is 22.8 Å². The van der Waals surface area contributed by atoms with Gasteiger partial charge >= 0.3 is 41.9 Å². The maximum absolute atomic E-state index is 6.13. The Morgan fingerprint density at radius 3 is 2.10 bits per heavy atom. The monoisotopic (exact) mass is 348 g/mol. The molecule has 0 saturated carbocycles. The first kappa shape index (κ1) is 26.4. The number of ether oxygens (including phenoxy) is 1. The van der Waals surface area contributed by atoms with Gasteiger partial charge in [0.05, 0.1) is 6.61 Å². The van der Waals surface area contributed by atoms with E-state index in [0.29, 0.717) is 6.61 Å². The molecule has 0 fully saturated rings. The van der Waals surface area contributed by atoms with Crippen molar-refractivity contribution in [1.29, 1.82) is 0 Å². The smallest absolute Gasteiger partial charge is 1.00 e. The predicted octanol–water partition coefficient (Wildman–Crippen LogP) is -4.93. The maximum Gasteiger partial charge on any atom is 2.00 e. The second-order valence-electron chi connectivity index (χ2n) is 3.85. The summed E-state index contributed by atoms with van der Waals surface area (Å²) in [6.45, 7) is 2.68. The van der Waals surface area contributed by atoms with E-state index in [1.54, 1.807) is 0 Å². The minimum atomic E-state index is 0.